The minimum atomic E-state index is -0.333. The number of nitrogens with zero attached hydrogens (tertiary/aromatic N) is 2. The Morgan fingerprint density at radius 1 is 1.54 bits per heavy atom. The molecule has 1 heterocycles. The van der Waals surface area contributed by atoms with Gasteiger partial charge in [-0.15, -0.1) is 0 Å². The summed E-state index contributed by atoms with van der Waals surface area (Å²) >= 11 is 3.31. The molecule has 68 valence electrons. The monoisotopic (exact) mass is 238 g/mol. The lowest BCUT2D eigenvalue weighted by molar-refractivity contribution is 0.487. The van der Waals surface area contributed by atoms with Gasteiger partial charge in [0, 0.05) is 22.8 Å². The van der Waals surface area contributed by atoms with Gasteiger partial charge in [-0.25, -0.2) is 0 Å². The maximum atomic E-state index is 8.82. The summed E-state index contributed by atoms with van der Waals surface area (Å²) in [5, 5.41) is 8.82. The summed E-state index contributed by atoms with van der Waals surface area (Å²) in [5.74, 6) is 0. The maximum absolute atomic E-state index is 8.82. The summed E-state index contributed by atoms with van der Waals surface area (Å²) < 4.78 is 0.964. The van der Waals surface area contributed by atoms with Crippen molar-refractivity contribution in [2.75, 3.05) is 0 Å². The van der Waals surface area contributed by atoms with E-state index in [0.717, 1.165) is 10.2 Å². The minimum absolute atomic E-state index is 0.333. The van der Waals surface area contributed by atoms with E-state index in [0.29, 0.717) is 6.42 Å². The van der Waals surface area contributed by atoms with Crippen LogP contribution < -0.4 is 0 Å². The summed E-state index contributed by atoms with van der Waals surface area (Å²) in [5.41, 5.74) is 0.621. The number of hydrogen-bond donors (Lipinski definition) is 0. The van der Waals surface area contributed by atoms with Crippen LogP contribution in [0.1, 0.15) is 19.5 Å². The third-order valence-electron chi connectivity index (χ3n) is 1.71. The molecule has 0 saturated carbocycles. The second kappa shape index (κ2) is 3.89. The van der Waals surface area contributed by atoms with Crippen LogP contribution in [0.25, 0.3) is 0 Å². The molecule has 3 heteroatoms. The van der Waals surface area contributed by atoms with Crippen LogP contribution in [0.2, 0.25) is 0 Å². The molecule has 0 amide bonds. The quantitative estimate of drug-likeness (QED) is 0.795. The molecular formula is C10H11BrN2. The normalized spacial score (nSPS) is 10.9. The van der Waals surface area contributed by atoms with Gasteiger partial charge in [-0.05, 0) is 41.9 Å². The van der Waals surface area contributed by atoms with Gasteiger partial charge < -0.3 is 0 Å². The van der Waals surface area contributed by atoms with Gasteiger partial charge in [0.05, 0.1) is 11.5 Å². The zero-order chi connectivity index (χ0) is 9.90. The van der Waals surface area contributed by atoms with Gasteiger partial charge in [0.25, 0.3) is 0 Å². The van der Waals surface area contributed by atoms with E-state index in [1.807, 2.05) is 26.0 Å². The van der Waals surface area contributed by atoms with Gasteiger partial charge in [-0.2, -0.15) is 5.26 Å². The van der Waals surface area contributed by atoms with Crippen LogP contribution in [0.5, 0.6) is 0 Å². The number of nitriles is 1. The predicted molar refractivity (Wildman–Crippen MR) is 55.0 cm³/mol. The first-order valence-corrected chi connectivity index (χ1v) is 4.84. The first kappa shape index (κ1) is 10.2. The number of aromatic nitrogens is 1. The van der Waals surface area contributed by atoms with Crippen LogP contribution in [-0.2, 0) is 6.42 Å². The third-order valence-corrected chi connectivity index (χ3v) is 2.18. The van der Waals surface area contributed by atoms with E-state index in [9.17, 15) is 0 Å². The molecule has 0 N–H and O–H groups in total. The van der Waals surface area contributed by atoms with E-state index in [1.165, 1.54) is 0 Å². The third kappa shape index (κ3) is 3.16. The van der Waals surface area contributed by atoms with E-state index in [4.69, 9.17) is 5.26 Å². The van der Waals surface area contributed by atoms with Gasteiger partial charge >= 0.3 is 0 Å². The minimum Gasteiger partial charge on any atom is -0.260 e. The molecule has 13 heavy (non-hydrogen) atoms. The molecular weight excluding hydrogens is 228 g/mol. The fourth-order valence-electron chi connectivity index (χ4n) is 1.00. The van der Waals surface area contributed by atoms with Crippen molar-refractivity contribution in [3.8, 4) is 6.07 Å². The first-order chi connectivity index (χ1) is 6.03. The maximum Gasteiger partial charge on any atom is 0.0688 e. The fourth-order valence-corrected chi connectivity index (χ4v) is 1.24. The van der Waals surface area contributed by atoms with E-state index in [1.54, 1.807) is 6.20 Å². The summed E-state index contributed by atoms with van der Waals surface area (Å²) in [6, 6.07) is 6.13. The highest BCUT2D eigenvalue weighted by atomic mass is 79.9. The molecule has 1 aromatic heterocycles. The average Bonchev–Trinajstić information content (AvgIpc) is 2.09. The standard InChI is InChI=1S/C10H11BrN2/c1-10(2,7-12)5-9-4-3-8(11)6-13-9/h3-4,6H,5H2,1-2H3. The van der Waals surface area contributed by atoms with Crippen molar-refractivity contribution in [2.24, 2.45) is 5.41 Å². The van der Waals surface area contributed by atoms with Gasteiger partial charge in [0.15, 0.2) is 0 Å². The first-order valence-electron chi connectivity index (χ1n) is 4.05. The fraction of sp³-hybridized carbons (Fsp3) is 0.400. The molecule has 0 fully saturated rings. The van der Waals surface area contributed by atoms with Crippen molar-refractivity contribution in [1.82, 2.24) is 4.98 Å². The van der Waals surface area contributed by atoms with Crippen LogP contribution in [0.15, 0.2) is 22.8 Å². The molecule has 0 bridgehead atoms. The van der Waals surface area contributed by atoms with Crippen molar-refractivity contribution < 1.29 is 0 Å². The van der Waals surface area contributed by atoms with Crippen LogP contribution in [-0.4, -0.2) is 4.98 Å². The molecule has 0 radical (unpaired) electrons. The Hall–Kier alpha value is -0.880. The van der Waals surface area contributed by atoms with E-state index in [2.05, 4.69) is 27.0 Å². The highest BCUT2D eigenvalue weighted by molar-refractivity contribution is 9.10. The largest absolute Gasteiger partial charge is 0.260 e. The van der Waals surface area contributed by atoms with E-state index in [-0.39, 0.29) is 5.41 Å². The van der Waals surface area contributed by atoms with Gasteiger partial charge in [0.2, 0.25) is 0 Å². The second-order valence-corrected chi connectivity index (χ2v) is 4.56. The zero-order valence-electron chi connectivity index (χ0n) is 7.71. The highest BCUT2D eigenvalue weighted by Gasteiger charge is 2.17. The Morgan fingerprint density at radius 3 is 2.69 bits per heavy atom. The molecule has 0 spiro atoms. The zero-order valence-corrected chi connectivity index (χ0v) is 9.30. The highest BCUT2D eigenvalue weighted by Crippen LogP contribution is 2.19. The van der Waals surface area contributed by atoms with Gasteiger partial charge in [-0.3, -0.25) is 4.98 Å². The topological polar surface area (TPSA) is 36.7 Å². The molecule has 0 aromatic carbocycles. The lowest BCUT2D eigenvalue weighted by atomic mass is 9.90. The molecule has 0 aliphatic rings. The van der Waals surface area contributed by atoms with Crippen molar-refractivity contribution >= 4 is 15.9 Å². The van der Waals surface area contributed by atoms with Crippen LogP contribution >= 0.6 is 15.9 Å². The Bertz CT molecular complexity index is 322. The van der Waals surface area contributed by atoms with Gasteiger partial charge in [0.1, 0.15) is 0 Å². The van der Waals surface area contributed by atoms with E-state index >= 15 is 0 Å². The lowest BCUT2D eigenvalue weighted by Crippen LogP contribution is -2.12. The molecule has 0 aliphatic heterocycles. The van der Waals surface area contributed by atoms with Crippen molar-refractivity contribution in [2.45, 2.75) is 20.3 Å². The summed E-state index contributed by atoms with van der Waals surface area (Å²) in [7, 11) is 0. The molecule has 1 rings (SSSR count). The summed E-state index contributed by atoms with van der Waals surface area (Å²) in [6.45, 7) is 3.83. The Balaban J connectivity index is 2.77. The Labute approximate surface area is 86.7 Å². The van der Waals surface area contributed by atoms with E-state index < -0.39 is 0 Å². The smallest absolute Gasteiger partial charge is 0.0688 e. The molecule has 1 aromatic rings. The van der Waals surface area contributed by atoms with Crippen LogP contribution in [0, 0.1) is 16.7 Å². The molecule has 0 atom stereocenters. The molecule has 2 nitrogen and oxygen atoms in total. The van der Waals surface area contributed by atoms with Crippen molar-refractivity contribution in [1.29, 1.82) is 5.26 Å². The molecule has 0 saturated heterocycles. The van der Waals surface area contributed by atoms with Gasteiger partial charge in [-0.1, -0.05) is 0 Å². The lowest BCUT2D eigenvalue weighted by Gasteiger charge is -2.13. The summed E-state index contributed by atoms with van der Waals surface area (Å²) in [4.78, 5) is 4.21. The van der Waals surface area contributed by atoms with Crippen molar-refractivity contribution in [3.63, 3.8) is 0 Å². The molecule has 0 aliphatic carbocycles. The molecule has 0 unspecified atom stereocenters. The second-order valence-electron chi connectivity index (χ2n) is 3.64. The Kier molecular flexibility index (Phi) is 3.05. The predicted octanol–water partition coefficient (Wildman–Crippen LogP) is 2.94. The van der Waals surface area contributed by atoms with Crippen LogP contribution in [0.3, 0.4) is 0 Å². The van der Waals surface area contributed by atoms with Crippen molar-refractivity contribution in [3.05, 3.63) is 28.5 Å². The number of rotatable bonds is 2. The summed E-state index contributed by atoms with van der Waals surface area (Å²) in [6.07, 6.45) is 2.44. The average molecular weight is 239 g/mol. The SMILES string of the molecule is CC(C)(C#N)Cc1ccc(Br)cn1. The van der Waals surface area contributed by atoms with Crippen LogP contribution in [0.4, 0.5) is 0 Å². The number of pyridine rings is 1. The number of halogens is 1. The Morgan fingerprint density at radius 2 is 2.23 bits per heavy atom. The number of hydrogen-bond acceptors (Lipinski definition) is 2.